The highest BCUT2D eigenvalue weighted by atomic mass is 19.4. The van der Waals surface area contributed by atoms with Crippen molar-refractivity contribution < 1.29 is 13.2 Å². The maximum atomic E-state index is 13.6. The van der Waals surface area contributed by atoms with Gasteiger partial charge in [0.1, 0.15) is 0 Å². The number of hydrogen-bond acceptors (Lipinski definition) is 5. The third kappa shape index (κ3) is 5.78. The zero-order valence-electron chi connectivity index (χ0n) is 20.1. The minimum Gasteiger partial charge on any atom is -0.381 e. The zero-order valence-corrected chi connectivity index (χ0v) is 20.1. The summed E-state index contributed by atoms with van der Waals surface area (Å²) in [5.74, 6) is 0. The average molecular weight is 476 g/mol. The first kappa shape index (κ1) is 24.7. The summed E-state index contributed by atoms with van der Waals surface area (Å²) in [7, 11) is 0. The molecule has 2 aromatic carbocycles. The van der Waals surface area contributed by atoms with Crippen LogP contribution >= 0.6 is 0 Å². The molecule has 2 saturated heterocycles. The molecule has 0 aromatic heterocycles. The Balaban J connectivity index is 1.62. The number of likely N-dealkylation sites (tertiary alicyclic amines) is 1. The molecule has 2 aliphatic rings. The number of benzene rings is 2. The summed E-state index contributed by atoms with van der Waals surface area (Å²) in [5, 5.41) is 6.93. The highest BCUT2D eigenvalue weighted by molar-refractivity contribution is 5.80. The van der Waals surface area contributed by atoms with Gasteiger partial charge in [-0.15, -0.1) is 0 Å². The van der Waals surface area contributed by atoms with E-state index in [1.165, 1.54) is 25.0 Å². The standard InChI is InChI=1S/C26H36F3N5/c1-18-5-6-22(34-10-3-4-11-34)17-23(18)32-25-19(2)15-20(26(27,28)29)16-24(25)31-21-7-12-33(13-8-21)14-9-30/h5-6,15-17,21,31-32H,3-4,7-14,30H2,1-2H3. The Kier molecular flexibility index (Phi) is 7.57. The van der Waals surface area contributed by atoms with Gasteiger partial charge in [0.25, 0.3) is 0 Å². The maximum absolute atomic E-state index is 13.6. The number of alkyl halides is 3. The molecule has 2 heterocycles. The lowest BCUT2D eigenvalue weighted by Gasteiger charge is -2.33. The lowest BCUT2D eigenvalue weighted by molar-refractivity contribution is -0.137. The van der Waals surface area contributed by atoms with Gasteiger partial charge in [-0.25, -0.2) is 0 Å². The molecule has 5 nitrogen and oxygen atoms in total. The Morgan fingerprint density at radius 2 is 1.65 bits per heavy atom. The van der Waals surface area contributed by atoms with Crippen molar-refractivity contribution in [1.82, 2.24) is 4.90 Å². The molecular formula is C26H36F3N5. The van der Waals surface area contributed by atoms with E-state index in [4.69, 9.17) is 5.73 Å². The molecule has 0 atom stereocenters. The van der Waals surface area contributed by atoms with Gasteiger partial charge in [-0.1, -0.05) is 6.07 Å². The monoisotopic (exact) mass is 475 g/mol. The normalized spacial score (nSPS) is 17.9. The van der Waals surface area contributed by atoms with Crippen molar-refractivity contribution in [3.8, 4) is 0 Å². The van der Waals surface area contributed by atoms with Crippen molar-refractivity contribution >= 4 is 22.7 Å². The molecule has 186 valence electrons. The highest BCUT2D eigenvalue weighted by Crippen LogP contribution is 2.39. The molecule has 4 N–H and O–H groups in total. The van der Waals surface area contributed by atoms with Gasteiger partial charge in [-0.05, 0) is 74.9 Å². The van der Waals surface area contributed by atoms with E-state index >= 15 is 0 Å². The number of rotatable bonds is 7. The van der Waals surface area contributed by atoms with Crippen LogP contribution in [-0.4, -0.2) is 50.2 Å². The summed E-state index contributed by atoms with van der Waals surface area (Å²) >= 11 is 0. The molecule has 0 aliphatic carbocycles. The fraction of sp³-hybridized carbons (Fsp3) is 0.538. The smallest absolute Gasteiger partial charge is 0.381 e. The number of hydrogen-bond donors (Lipinski definition) is 3. The Bertz CT molecular complexity index is 977. The van der Waals surface area contributed by atoms with Gasteiger partial charge >= 0.3 is 6.18 Å². The van der Waals surface area contributed by atoms with Gasteiger partial charge in [0.15, 0.2) is 0 Å². The molecule has 2 aliphatic heterocycles. The molecule has 0 amide bonds. The number of nitrogens with zero attached hydrogens (tertiary/aromatic N) is 2. The van der Waals surface area contributed by atoms with Crippen LogP contribution in [0, 0.1) is 13.8 Å². The third-order valence-electron chi connectivity index (χ3n) is 7.01. The number of halogens is 3. The van der Waals surface area contributed by atoms with E-state index in [1.54, 1.807) is 6.92 Å². The number of piperidine rings is 1. The van der Waals surface area contributed by atoms with E-state index in [2.05, 4.69) is 38.6 Å². The SMILES string of the molecule is Cc1ccc(N2CCCC2)cc1Nc1c(C)cc(C(F)(F)F)cc1NC1CCN(CCN)CC1. The van der Waals surface area contributed by atoms with Crippen LogP contribution in [0.4, 0.5) is 35.9 Å². The predicted molar refractivity (Wildman–Crippen MR) is 134 cm³/mol. The predicted octanol–water partition coefficient (Wildman–Crippen LogP) is 5.50. The molecular weight excluding hydrogens is 439 g/mol. The fourth-order valence-corrected chi connectivity index (χ4v) is 4.99. The van der Waals surface area contributed by atoms with Crippen LogP contribution in [0.15, 0.2) is 30.3 Å². The van der Waals surface area contributed by atoms with E-state index < -0.39 is 11.7 Å². The minimum atomic E-state index is -4.39. The van der Waals surface area contributed by atoms with Gasteiger partial charge in [0.2, 0.25) is 0 Å². The highest BCUT2D eigenvalue weighted by Gasteiger charge is 2.32. The second-order valence-electron chi connectivity index (χ2n) is 9.58. The lowest BCUT2D eigenvalue weighted by atomic mass is 10.0. The second-order valence-corrected chi connectivity index (χ2v) is 9.58. The number of aryl methyl sites for hydroxylation is 2. The first-order valence-electron chi connectivity index (χ1n) is 12.3. The van der Waals surface area contributed by atoms with Crippen LogP contribution in [0.25, 0.3) is 0 Å². The van der Waals surface area contributed by atoms with Gasteiger partial charge in [0.05, 0.1) is 16.9 Å². The van der Waals surface area contributed by atoms with Gasteiger partial charge < -0.3 is 26.2 Å². The molecule has 34 heavy (non-hydrogen) atoms. The molecule has 2 fully saturated rings. The van der Waals surface area contributed by atoms with Crippen molar-refractivity contribution in [2.75, 3.05) is 54.8 Å². The van der Waals surface area contributed by atoms with Crippen molar-refractivity contribution in [3.05, 3.63) is 47.0 Å². The van der Waals surface area contributed by atoms with Crippen LogP contribution in [0.2, 0.25) is 0 Å². The van der Waals surface area contributed by atoms with Crippen LogP contribution < -0.4 is 21.3 Å². The quantitative estimate of drug-likeness (QED) is 0.494. The van der Waals surface area contributed by atoms with E-state index in [0.29, 0.717) is 23.5 Å². The van der Waals surface area contributed by atoms with E-state index in [9.17, 15) is 13.2 Å². The van der Waals surface area contributed by atoms with E-state index in [0.717, 1.165) is 62.5 Å². The summed E-state index contributed by atoms with van der Waals surface area (Å²) in [4.78, 5) is 4.67. The van der Waals surface area contributed by atoms with Crippen molar-refractivity contribution in [2.45, 2.75) is 51.7 Å². The van der Waals surface area contributed by atoms with Crippen molar-refractivity contribution in [2.24, 2.45) is 5.73 Å². The second kappa shape index (κ2) is 10.4. The van der Waals surface area contributed by atoms with Crippen LogP contribution in [0.1, 0.15) is 42.4 Å². The maximum Gasteiger partial charge on any atom is 0.416 e. The summed E-state index contributed by atoms with van der Waals surface area (Å²) in [6, 6.07) is 8.93. The average Bonchev–Trinajstić information content (AvgIpc) is 3.33. The summed E-state index contributed by atoms with van der Waals surface area (Å²) in [5.41, 5.74) is 9.97. The first-order valence-corrected chi connectivity index (χ1v) is 12.3. The zero-order chi connectivity index (χ0) is 24.3. The molecule has 8 heteroatoms. The van der Waals surface area contributed by atoms with Crippen LogP contribution in [0.5, 0.6) is 0 Å². The van der Waals surface area contributed by atoms with Crippen LogP contribution in [0.3, 0.4) is 0 Å². The fourth-order valence-electron chi connectivity index (χ4n) is 4.99. The number of nitrogens with one attached hydrogen (secondary N) is 2. The summed E-state index contributed by atoms with van der Waals surface area (Å²) in [6.45, 7) is 9.11. The van der Waals surface area contributed by atoms with Crippen LogP contribution in [-0.2, 0) is 6.18 Å². The third-order valence-corrected chi connectivity index (χ3v) is 7.01. The molecule has 4 rings (SSSR count). The van der Waals surface area contributed by atoms with Gasteiger partial charge in [0, 0.05) is 56.7 Å². The molecule has 0 saturated carbocycles. The van der Waals surface area contributed by atoms with E-state index in [1.807, 2.05) is 6.92 Å². The molecule has 2 aromatic rings. The largest absolute Gasteiger partial charge is 0.416 e. The molecule has 0 bridgehead atoms. The first-order chi connectivity index (χ1) is 16.2. The molecule has 0 spiro atoms. The minimum absolute atomic E-state index is 0.120. The number of nitrogens with two attached hydrogens (primary N) is 1. The summed E-state index contributed by atoms with van der Waals surface area (Å²) < 4.78 is 40.9. The summed E-state index contributed by atoms with van der Waals surface area (Å²) in [6.07, 6.45) is -0.272. The Morgan fingerprint density at radius 1 is 0.941 bits per heavy atom. The van der Waals surface area contributed by atoms with Gasteiger partial charge in [-0.3, -0.25) is 0 Å². The lowest BCUT2D eigenvalue weighted by Crippen LogP contribution is -2.41. The van der Waals surface area contributed by atoms with E-state index in [-0.39, 0.29) is 6.04 Å². The Labute approximate surface area is 200 Å². The Morgan fingerprint density at radius 3 is 2.29 bits per heavy atom. The van der Waals surface area contributed by atoms with Crippen molar-refractivity contribution in [1.29, 1.82) is 0 Å². The molecule has 0 unspecified atom stereocenters. The topological polar surface area (TPSA) is 56.6 Å². The van der Waals surface area contributed by atoms with Crippen molar-refractivity contribution in [3.63, 3.8) is 0 Å². The molecule has 0 radical (unpaired) electrons. The Hall–Kier alpha value is -2.45. The number of anilines is 4. The van der Waals surface area contributed by atoms with Gasteiger partial charge in [-0.2, -0.15) is 13.2 Å².